The predicted molar refractivity (Wildman–Crippen MR) is 205 cm³/mol. The summed E-state index contributed by atoms with van der Waals surface area (Å²) in [4.78, 5) is 26.9. The van der Waals surface area contributed by atoms with E-state index in [4.69, 9.17) is 14.2 Å². The molecule has 0 aliphatic carbocycles. The fraction of sp³-hybridized carbons (Fsp3) is 0.952. The normalized spacial score (nSPS) is 11.5. The third kappa shape index (κ3) is 34.6. The van der Waals surface area contributed by atoms with E-state index < -0.39 is 6.16 Å². The summed E-state index contributed by atoms with van der Waals surface area (Å²) in [5.41, 5.74) is 0. The molecule has 0 atom stereocenters. The molecule has 48 heavy (non-hydrogen) atoms. The highest BCUT2D eigenvalue weighted by atomic mass is 16.7. The Hall–Kier alpha value is -1.30. The molecule has 0 spiro atoms. The second-order valence-electron chi connectivity index (χ2n) is 14.3. The van der Waals surface area contributed by atoms with Crippen molar-refractivity contribution in [1.29, 1.82) is 0 Å². The van der Waals surface area contributed by atoms with E-state index in [0.29, 0.717) is 19.6 Å². The third-order valence-corrected chi connectivity index (χ3v) is 9.67. The first-order valence-corrected chi connectivity index (χ1v) is 21.3. The Morgan fingerprint density at radius 2 is 0.833 bits per heavy atom. The zero-order valence-corrected chi connectivity index (χ0v) is 32.8. The van der Waals surface area contributed by atoms with Crippen molar-refractivity contribution in [3.63, 3.8) is 0 Å². The van der Waals surface area contributed by atoms with Gasteiger partial charge in [0.25, 0.3) is 0 Å². The Kier molecular flexibility index (Phi) is 37.5. The van der Waals surface area contributed by atoms with Gasteiger partial charge in [0.15, 0.2) is 0 Å². The van der Waals surface area contributed by atoms with Gasteiger partial charge < -0.3 is 19.1 Å². The lowest BCUT2D eigenvalue weighted by Gasteiger charge is -2.20. The van der Waals surface area contributed by atoms with E-state index in [1.165, 1.54) is 128 Å². The molecule has 0 aromatic carbocycles. The van der Waals surface area contributed by atoms with Crippen LogP contribution in [0.25, 0.3) is 0 Å². The first-order valence-electron chi connectivity index (χ1n) is 21.3. The van der Waals surface area contributed by atoms with Gasteiger partial charge in [0.1, 0.15) is 6.10 Å². The Labute approximate surface area is 299 Å². The smallest absolute Gasteiger partial charge is 0.462 e. The van der Waals surface area contributed by atoms with Crippen LogP contribution < -0.4 is 0 Å². The highest BCUT2D eigenvalue weighted by molar-refractivity contribution is 5.69. The number of carbonyl (C=O) groups excluding carboxylic acids is 2. The number of unbranched alkanes of at least 4 members (excludes halogenated alkanes) is 22. The van der Waals surface area contributed by atoms with Crippen LogP contribution in [0.4, 0.5) is 4.79 Å². The summed E-state index contributed by atoms with van der Waals surface area (Å²) in [6.07, 6.45) is 35.0. The topological polar surface area (TPSA) is 65.1 Å². The highest BCUT2D eigenvalue weighted by Crippen LogP contribution is 2.18. The fourth-order valence-corrected chi connectivity index (χ4v) is 6.40. The minimum Gasteiger partial charge on any atom is -0.462 e. The first-order chi connectivity index (χ1) is 23.6. The molecule has 0 aromatic rings. The molecule has 0 saturated carbocycles. The van der Waals surface area contributed by atoms with Crippen LogP contribution in [0.1, 0.15) is 220 Å². The number of nitrogens with zero attached hydrogens (tertiary/aromatic N) is 1. The molecule has 0 heterocycles. The molecule has 0 fully saturated rings. The van der Waals surface area contributed by atoms with Gasteiger partial charge in [-0.25, -0.2) is 4.79 Å². The molecule has 286 valence electrons. The largest absolute Gasteiger partial charge is 0.508 e. The maximum Gasteiger partial charge on any atom is 0.508 e. The van der Waals surface area contributed by atoms with Crippen LogP contribution in [0, 0.1) is 0 Å². The number of hydrogen-bond donors (Lipinski definition) is 0. The van der Waals surface area contributed by atoms with Gasteiger partial charge in [-0.3, -0.25) is 4.79 Å². The third-order valence-electron chi connectivity index (χ3n) is 9.67. The molecule has 0 bridgehead atoms. The number of hydrogen-bond acceptors (Lipinski definition) is 6. The van der Waals surface area contributed by atoms with Gasteiger partial charge in [-0.15, -0.1) is 0 Å². The monoisotopic (exact) mass is 682 g/mol. The molecular weight excluding hydrogens is 598 g/mol. The molecule has 0 aliphatic heterocycles. The zero-order valence-electron chi connectivity index (χ0n) is 32.8. The molecular formula is C42H83NO5. The van der Waals surface area contributed by atoms with E-state index in [9.17, 15) is 9.59 Å². The number of rotatable bonds is 38. The molecule has 0 radical (unpaired) electrons. The molecule has 0 saturated heterocycles. The number of esters is 1. The maximum absolute atomic E-state index is 12.7. The number of carbonyl (C=O) groups is 2. The van der Waals surface area contributed by atoms with E-state index in [1.54, 1.807) is 0 Å². The standard InChI is InChI=1S/C42H83NO5/c1-5-9-12-15-18-24-31-38-46-42(45)47-39-32-25-30-37-43(8-4)36-29-23-19-22-28-35-41(44)48-40(33-26-20-16-13-10-6-2)34-27-21-17-14-11-7-3/h40H,5-39H2,1-4H3. The number of ether oxygens (including phenoxy) is 3. The van der Waals surface area contributed by atoms with Crippen molar-refractivity contribution in [1.82, 2.24) is 4.90 Å². The molecule has 0 amide bonds. The van der Waals surface area contributed by atoms with Crippen LogP contribution in [0.3, 0.4) is 0 Å². The van der Waals surface area contributed by atoms with Crippen molar-refractivity contribution in [3.8, 4) is 0 Å². The van der Waals surface area contributed by atoms with Gasteiger partial charge in [0.2, 0.25) is 0 Å². The summed E-state index contributed by atoms with van der Waals surface area (Å²) in [6, 6.07) is 0. The Morgan fingerprint density at radius 1 is 0.458 bits per heavy atom. The van der Waals surface area contributed by atoms with E-state index in [1.807, 2.05) is 0 Å². The Balaban J connectivity index is 3.87. The molecule has 0 N–H and O–H groups in total. The van der Waals surface area contributed by atoms with Crippen LogP contribution in [0.15, 0.2) is 0 Å². The van der Waals surface area contributed by atoms with Gasteiger partial charge in [-0.1, -0.05) is 150 Å². The fourth-order valence-electron chi connectivity index (χ4n) is 6.40. The average Bonchev–Trinajstić information content (AvgIpc) is 3.08. The van der Waals surface area contributed by atoms with Crippen molar-refractivity contribution in [3.05, 3.63) is 0 Å². The van der Waals surface area contributed by atoms with E-state index in [-0.39, 0.29) is 12.1 Å². The van der Waals surface area contributed by atoms with E-state index in [0.717, 1.165) is 77.4 Å². The molecule has 6 nitrogen and oxygen atoms in total. The van der Waals surface area contributed by atoms with Crippen LogP contribution in [0.5, 0.6) is 0 Å². The molecule has 0 unspecified atom stereocenters. The quantitative estimate of drug-likeness (QED) is 0.0477. The van der Waals surface area contributed by atoms with Gasteiger partial charge >= 0.3 is 12.1 Å². The van der Waals surface area contributed by atoms with Crippen molar-refractivity contribution >= 4 is 12.1 Å². The van der Waals surface area contributed by atoms with E-state index >= 15 is 0 Å². The SMILES string of the molecule is CCCCCCCCCOC(=O)OCCCCCN(CC)CCCCCCCC(=O)OC(CCCCCCCC)CCCCCCCC. The zero-order chi connectivity index (χ0) is 35.2. The second-order valence-corrected chi connectivity index (χ2v) is 14.3. The Morgan fingerprint density at radius 3 is 1.29 bits per heavy atom. The van der Waals surface area contributed by atoms with Crippen LogP contribution in [-0.4, -0.2) is 56.0 Å². The molecule has 6 heteroatoms. The van der Waals surface area contributed by atoms with Crippen molar-refractivity contribution in [2.75, 3.05) is 32.8 Å². The van der Waals surface area contributed by atoms with Gasteiger partial charge in [0.05, 0.1) is 13.2 Å². The van der Waals surface area contributed by atoms with Gasteiger partial charge in [-0.2, -0.15) is 0 Å². The summed E-state index contributed by atoms with van der Waals surface area (Å²) in [6.45, 7) is 13.2. The minimum atomic E-state index is -0.510. The molecule has 0 rings (SSSR count). The predicted octanol–water partition coefficient (Wildman–Crippen LogP) is 13.1. The average molecular weight is 682 g/mol. The minimum absolute atomic E-state index is 0.0277. The second kappa shape index (κ2) is 38.5. The van der Waals surface area contributed by atoms with Crippen LogP contribution >= 0.6 is 0 Å². The van der Waals surface area contributed by atoms with Crippen molar-refractivity contribution in [2.45, 2.75) is 226 Å². The Bertz CT molecular complexity index is 656. The van der Waals surface area contributed by atoms with Crippen LogP contribution in [0.2, 0.25) is 0 Å². The summed E-state index contributed by atoms with van der Waals surface area (Å²) >= 11 is 0. The summed E-state index contributed by atoms with van der Waals surface area (Å²) in [7, 11) is 0. The summed E-state index contributed by atoms with van der Waals surface area (Å²) in [5.74, 6) is 0.0277. The molecule has 0 aliphatic rings. The highest BCUT2D eigenvalue weighted by Gasteiger charge is 2.14. The summed E-state index contributed by atoms with van der Waals surface area (Å²) in [5, 5.41) is 0. The van der Waals surface area contributed by atoms with Gasteiger partial charge in [0, 0.05) is 6.42 Å². The maximum atomic E-state index is 12.7. The van der Waals surface area contributed by atoms with E-state index in [2.05, 4.69) is 32.6 Å². The lowest BCUT2D eigenvalue weighted by molar-refractivity contribution is -0.150. The lowest BCUT2D eigenvalue weighted by Crippen LogP contribution is -2.25. The molecule has 0 aromatic heterocycles. The lowest BCUT2D eigenvalue weighted by atomic mass is 10.0. The first kappa shape index (κ1) is 46.7. The van der Waals surface area contributed by atoms with Crippen molar-refractivity contribution in [2.24, 2.45) is 0 Å². The van der Waals surface area contributed by atoms with Gasteiger partial charge in [-0.05, 0) is 83.8 Å². The van der Waals surface area contributed by atoms with Crippen LogP contribution in [-0.2, 0) is 19.0 Å². The van der Waals surface area contributed by atoms with Crippen molar-refractivity contribution < 1.29 is 23.8 Å². The summed E-state index contributed by atoms with van der Waals surface area (Å²) < 4.78 is 16.4.